The van der Waals surface area contributed by atoms with E-state index in [1.54, 1.807) is 0 Å². The molecule has 0 aromatic rings. The third-order valence-corrected chi connectivity index (χ3v) is 2.17. The van der Waals surface area contributed by atoms with Crippen molar-refractivity contribution in [1.29, 1.82) is 0 Å². The molecule has 40 heavy (non-hydrogen) atoms. The van der Waals surface area contributed by atoms with Crippen LogP contribution in [-0.4, -0.2) is 138 Å². The zero-order valence-corrected chi connectivity index (χ0v) is 22.8. The van der Waals surface area contributed by atoms with Crippen molar-refractivity contribution in [1.82, 2.24) is 22.1 Å². The molecule has 0 amide bonds. The average Bonchev–Trinajstić information content (AvgIpc) is 2.64. The topological polar surface area (TPSA) is 375 Å². The lowest BCUT2D eigenvalue weighted by atomic mass is 10.4. The summed E-state index contributed by atoms with van der Waals surface area (Å²) in [5.41, 5.74) is 0. The molecule has 0 radical (unpaired) electrons. The van der Waals surface area contributed by atoms with Crippen molar-refractivity contribution in [2.75, 3.05) is 39.3 Å². The van der Waals surface area contributed by atoms with Gasteiger partial charge < -0.3 is 53.2 Å². The minimum atomic E-state index is -1.23. The largest absolute Gasteiger partial charge is 0.481 e. The number of rotatable bonds is 11. The molecule has 20 nitrogen and oxygen atoms in total. The van der Waals surface area contributed by atoms with Crippen molar-refractivity contribution in [2.24, 2.45) is 0 Å². The van der Waals surface area contributed by atoms with Crippen molar-refractivity contribution in [3.63, 3.8) is 0 Å². The third-order valence-electron chi connectivity index (χ3n) is 2.17. The summed E-state index contributed by atoms with van der Waals surface area (Å²) in [6.07, 6.45) is 0. The minimum absolute atomic E-state index is 0. The van der Waals surface area contributed by atoms with Crippen LogP contribution in [0, 0.1) is 0 Å². The Morgan fingerprint density at radius 1 is 0.425 bits per heavy atom. The summed E-state index contributed by atoms with van der Waals surface area (Å²) in [6, 6.07) is 0. The van der Waals surface area contributed by atoms with Gasteiger partial charge in [0.1, 0.15) is 0 Å². The van der Waals surface area contributed by atoms with Gasteiger partial charge in [-0.25, -0.2) is 0 Å². The fourth-order valence-electron chi connectivity index (χ4n) is 1.48. The fraction of sp³-hybridized carbons (Fsp3) is 0.500. The summed E-state index contributed by atoms with van der Waals surface area (Å²) in [4.78, 5) is 80.4. The monoisotopic (exact) mass is 594 g/mol. The molecular formula is C20H42N4O16. The lowest BCUT2D eigenvalue weighted by molar-refractivity contribution is -0.145. The van der Waals surface area contributed by atoms with E-state index >= 15 is 0 Å². The van der Waals surface area contributed by atoms with E-state index in [1.165, 1.54) is 0 Å². The van der Waals surface area contributed by atoms with E-state index in [1.807, 2.05) is 0 Å². The summed E-state index contributed by atoms with van der Waals surface area (Å²) in [5, 5.41) is 64.1. The summed E-state index contributed by atoms with van der Waals surface area (Å²) in [7, 11) is 0. The number of carbonyl (C=O) groups is 8. The molecule has 0 rings (SSSR count). The number of nitrogens with zero attached hydrogens (tertiary/aromatic N) is 2. The maximum Gasteiger partial charge on any atom is 0.317 e. The summed E-state index contributed by atoms with van der Waals surface area (Å²) in [5.74, 6) is -8.24. The number of carboxylic acid groups (broad SMARTS) is 8. The minimum Gasteiger partial charge on any atom is -0.481 e. The third kappa shape index (κ3) is 131. The molecule has 0 heterocycles. The highest BCUT2D eigenvalue weighted by molar-refractivity contribution is 5.73. The molecule has 0 aromatic carbocycles. The molecule has 0 aliphatic carbocycles. The Hall–Kier alpha value is -4.66. The van der Waals surface area contributed by atoms with Crippen LogP contribution < -0.4 is 12.3 Å². The Bertz CT molecular complexity index is 614. The van der Waals surface area contributed by atoms with Crippen LogP contribution in [0.1, 0.15) is 27.7 Å². The van der Waals surface area contributed by atoms with Gasteiger partial charge >= 0.3 is 23.9 Å². The van der Waals surface area contributed by atoms with Gasteiger partial charge in [-0.1, -0.05) is 0 Å². The van der Waals surface area contributed by atoms with Gasteiger partial charge in [-0.05, 0) is 0 Å². The van der Waals surface area contributed by atoms with E-state index in [0.29, 0.717) is 0 Å². The molecule has 0 unspecified atom stereocenters. The van der Waals surface area contributed by atoms with Crippen LogP contribution >= 0.6 is 0 Å². The number of carboxylic acids is 8. The Morgan fingerprint density at radius 2 is 0.525 bits per heavy atom. The maximum atomic E-state index is 10.6. The Kier molecular flexibility index (Phi) is 54.2. The van der Waals surface area contributed by atoms with Gasteiger partial charge in [0.15, 0.2) is 0 Å². The first-order chi connectivity index (χ1) is 17.1. The zero-order valence-electron chi connectivity index (χ0n) is 22.8. The molecule has 0 saturated heterocycles. The van der Waals surface area contributed by atoms with Gasteiger partial charge in [-0.15, -0.1) is 13.2 Å². The second-order valence-corrected chi connectivity index (χ2v) is 6.07. The van der Waals surface area contributed by atoms with Crippen molar-refractivity contribution in [3.05, 3.63) is 13.2 Å². The molecule has 0 aliphatic heterocycles. The van der Waals surface area contributed by atoms with Crippen LogP contribution in [0.4, 0.5) is 0 Å². The van der Waals surface area contributed by atoms with Crippen molar-refractivity contribution in [2.45, 2.75) is 27.7 Å². The lowest BCUT2D eigenvalue weighted by Crippen LogP contribution is -2.43. The van der Waals surface area contributed by atoms with E-state index in [9.17, 15) is 19.2 Å². The molecule has 0 bridgehead atoms. The van der Waals surface area contributed by atoms with E-state index in [0.717, 1.165) is 37.5 Å². The molecule has 0 aliphatic rings. The smallest absolute Gasteiger partial charge is 0.317 e. The second kappa shape index (κ2) is 38.9. The van der Waals surface area contributed by atoms with Crippen LogP contribution in [0.2, 0.25) is 0 Å². The molecule has 0 fully saturated rings. The van der Waals surface area contributed by atoms with Crippen LogP contribution in [0.5, 0.6) is 0 Å². The highest BCUT2D eigenvalue weighted by Crippen LogP contribution is 1.94. The van der Waals surface area contributed by atoms with Crippen molar-refractivity contribution < 1.29 is 79.2 Å². The van der Waals surface area contributed by atoms with Gasteiger partial charge in [-0.2, -0.15) is 0 Å². The molecule has 0 spiro atoms. The zero-order chi connectivity index (χ0) is 32.0. The van der Waals surface area contributed by atoms with Crippen LogP contribution in [0.25, 0.3) is 0 Å². The highest BCUT2D eigenvalue weighted by Gasteiger charge is 2.17. The van der Waals surface area contributed by atoms with Crippen LogP contribution in [0.15, 0.2) is 13.2 Å². The first kappa shape index (κ1) is 55.8. The Morgan fingerprint density at radius 3 is 0.600 bits per heavy atom. The SMILES string of the molecule is C=C.CC(=O)O.CC(=O)O.CC(=O)O.CC(=O)O.N.N.O=C(O)CN(CCN(CC(=O)O)CC(=O)O)CC(=O)O. The van der Waals surface area contributed by atoms with E-state index in [-0.39, 0.29) is 25.4 Å². The van der Waals surface area contributed by atoms with Gasteiger partial charge in [-0.3, -0.25) is 48.2 Å². The predicted octanol–water partition coefficient (Wildman–Crippen LogP) is -0.581. The lowest BCUT2D eigenvalue weighted by Gasteiger charge is -2.23. The van der Waals surface area contributed by atoms with E-state index < -0.39 is 73.9 Å². The van der Waals surface area contributed by atoms with Crippen molar-refractivity contribution >= 4 is 47.8 Å². The van der Waals surface area contributed by atoms with Gasteiger partial charge in [0.05, 0.1) is 26.2 Å². The summed E-state index contributed by atoms with van der Waals surface area (Å²) in [6.45, 7) is 8.08. The van der Waals surface area contributed by atoms with Crippen LogP contribution in [-0.2, 0) is 38.4 Å². The standard InChI is InChI=1S/C10H16N2O8.4C2H4O2.C2H4.2H3N/c13-7(14)3-11(4-8(15)16)1-2-12(5-9(17)18)6-10(19)20;4*1-2(3)4;1-2;;/h1-6H2,(H,13,14)(H,15,16)(H,17,18)(H,19,20);4*1H3,(H,3,4);1-2H2;2*1H3. The number of hydrogen-bond donors (Lipinski definition) is 10. The normalized spacial score (nSPS) is 7.95. The van der Waals surface area contributed by atoms with Crippen LogP contribution in [0.3, 0.4) is 0 Å². The predicted molar refractivity (Wildman–Crippen MR) is 138 cm³/mol. The summed E-state index contributed by atoms with van der Waals surface area (Å²) < 4.78 is 0. The van der Waals surface area contributed by atoms with E-state index in [2.05, 4.69) is 13.2 Å². The Labute approximate surface area is 229 Å². The van der Waals surface area contributed by atoms with E-state index in [4.69, 9.17) is 60.0 Å². The quantitative estimate of drug-likeness (QED) is 0.134. The first-order valence-electron chi connectivity index (χ1n) is 9.73. The second-order valence-electron chi connectivity index (χ2n) is 6.07. The average molecular weight is 595 g/mol. The summed E-state index contributed by atoms with van der Waals surface area (Å²) >= 11 is 0. The molecule has 0 saturated carbocycles. The molecule has 20 heteroatoms. The molecule has 0 atom stereocenters. The molecule has 238 valence electrons. The van der Waals surface area contributed by atoms with Gasteiger partial charge in [0.2, 0.25) is 0 Å². The maximum absolute atomic E-state index is 10.6. The number of hydrogen-bond acceptors (Lipinski definition) is 12. The first-order valence-corrected chi connectivity index (χ1v) is 9.73. The van der Waals surface area contributed by atoms with Gasteiger partial charge in [0, 0.05) is 40.8 Å². The molecule has 14 N–H and O–H groups in total. The van der Waals surface area contributed by atoms with Gasteiger partial charge in [0.25, 0.3) is 23.9 Å². The molecular weight excluding hydrogens is 552 g/mol. The fourth-order valence-corrected chi connectivity index (χ4v) is 1.48. The molecule has 0 aromatic heterocycles. The Balaban J connectivity index is -0.0000000698. The highest BCUT2D eigenvalue weighted by atomic mass is 16.4. The number of aliphatic carboxylic acids is 8. The van der Waals surface area contributed by atoms with Crippen molar-refractivity contribution in [3.8, 4) is 0 Å².